The normalized spacial score (nSPS) is 10.8. The van der Waals surface area contributed by atoms with E-state index in [2.05, 4.69) is 26.0 Å². The minimum absolute atomic E-state index is 0.540. The van der Waals surface area contributed by atoms with Crippen LogP contribution in [0.15, 0.2) is 72.8 Å². The van der Waals surface area contributed by atoms with Gasteiger partial charge < -0.3 is 88.7 Å². The number of fused-ring (bicyclic) bond motifs is 6. The minimum atomic E-state index is -1.41. The summed E-state index contributed by atoms with van der Waals surface area (Å²) in [4.78, 5) is 0. The van der Waals surface area contributed by atoms with Crippen molar-refractivity contribution in [3.63, 3.8) is 0 Å². The van der Waals surface area contributed by atoms with Crippen LogP contribution in [0.1, 0.15) is 87.5 Å². The Morgan fingerprint density at radius 3 is 1.06 bits per heavy atom. The molecule has 522 valence electrons. The second-order valence-corrected chi connectivity index (χ2v) is 29.8. The van der Waals surface area contributed by atoms with Crippen molar-refractivity contribution in [3.8, 4) is 34.5 Å². The van der Waals surface area contributed by atoms with E-state index in [-0.39, 0.29) is 0 Å². The Morgan fingerprint density at radius 1 is 0.283 bits per heavy atom. The van der Waals surface area contributed by atoms with E-state index in [0.29, 0.717) is 28.7 Å². The Balaban J connectivity index is 0.000000167. The Hall–Kier alpha value is -6.21. The lowest BCUT2D eigenvalue weighted by molar-refractivity contribution is 0.415. The molecule has 0 aliphatic rings. The number of thiophene rings is 6. The number of hydrogen-bond acceptors (Lipinski definition) is 24. The third kappa shape index (κ3) is 17.8. The molecule has 12 N–H and O–H groups in total. The molecular weight excluding hydrogens is 1370 g/mol. The fraction of sp³-hybridized carbons (Fsp3) is 0.304. The van der Waals surface area contributed by atoms with Crippen molar-refractivity contribution in [2.45, 2.75) is 102 Å². The van der Waals surface area contributed by atoms with Crippen molar-refractivity contribution in [2.24, 2.45) is 0 Å². The third-order valence-corrected chi connectivity index (χ3v) is 24.3. The first-order valence-corrected chi connectivity index (χ1v) is 36.5. The van der Waals surface area contributed by atoms with Gasteiger partial charge >= 0.3 is 42.7 Å². The second kappa shape index (κ2) is 35.1. The van der Waals surface area contributed by atoms with Gasteiger partial charge in [0.1, 0.15) is 34.5 Å². The molecule has 0 aliphatic carbocycles. The van der Waals surface area contributed by atoms with Gasteiger partial charge in [-0.2, -0.15) is 0 Å². The Bertz CT molecular complexity index is 4760. The van der Waals surface area contributed by atoms with E-state index in [9.17, 15) is 50.2 Å². The highest BCUT2D eigenvalue weighted by molar-refractivity contribution is 7.30. The molecular formula is C69H84B6O18S6. The molecule has 6 heterocycles. The molecule has 6 aromatic heterocycles. The summed E-state index contributed by atoms with van der Waals surface area (Å²) in [5, 5.41) is 117. The first-order chi connectivity index (χ1) is 46.9. The molecule has 0 atom stereocenters. The molecule has 0 amide bonds. The Labute approximate surface area is 603 Å². The van der Waals surface area contributed by atoms with Gasteiger partial charge in [-0.25, -0.2) is 0 Å². The molecule has 0 saturated carbocycles. The van der Waals surface area contributed by atoms with Crippen molar-refractivity contribution in [1.82, 2.24) is 0 Å². The lowest BCUT2D eigenvalue weighted by atomic mass is 9.84. The summed E-state index contributed by atoms with van der Waals surface area (Å²) in [6.45, 7) is 24.3. The van der Waals surface area contributed by atoms with Crippen LogP contribution in [0.4, 0.5) is 0 Å². The van der Waals surface area contributed by atoms with E-state index in [1.165, 1.54) is 90.3 Å². The predicted octanol–water partition coefficient (Wildman–Crippen LogP) is 8.00. The van der Waals surface area contributed by atoms with Gasteiger partial charge in [-0.15, -0.1) is 68.0 Å². The molecule has 18 nitrogen and oxygen atoms in total. The van der Waals surface area contributed by atoms with Gasteiger partial charge in [-0.05, 0) is 229 Å². The van der Waals surface area contributed by atoms with Crippen LogP contribution in [0.3, 0.4) is 0 Å². The summed E-state index contributed by atoms with van der Waals surface area (Å²) >= 11 is 8.21. The van der Waals surface area contributed by atoms with E-state index in [1.54, 1.807) is 54.8 Å². The lowest BCUT2D eigenvalue weighted by Crippen LogP contribution is -2.29. The maximum atomic E-state index is 9.39. The van der Waals surface area contributed by atoms with Crippen molar-refractivity contribution >= 4 is 200 Å². The van der Waals surface area contributed by atoms with Crippen LogP contribution < -0.4 is 57.1 Å². The SMILES string of the molecule is CCc1c(B(O)O)sc2c(OC)cc(C)cc12.CCc1c(C)cc(OC)c2sc(B(O)O)cc12.CCc1c(C)cc2cc(B(O)O)sc2c1OC.COc1c(C)c(C)cc2cc(B(O)O)sc12.COc1cc(C)c(C)c2cc(B(O)O)sc12.COc1cc(C)cc2c(C)c(B(O)O)sc12. The molecule has 30 heteroatoms. The molecule has 0 saturated heterocycles. The first kappa shape index (κ1) is 80.1. The number of aryl methyl sites for hydroxylation is 10. The van der Waals surface area contributed by atoms with Crippen molar-refractivity contribution < 1.29 is 88.7 Å². The van der Waals surface area contributed by atoms with E-state index >= 15 is 0 Å². The van der Waals surface area contributed by atoms with Crippen LogP contribution in [0.5, 0.6) is 34.5 Å². The fourth-order valence-electron chi connectivity index (χ4n) is 11.7. The van der Waals surface area contributed by atoms with Gasteiger partial charge in [0.15, 0.2) is 0 Å². The average Bonchev–Trinajstić information content (AvgIpc) is 1.70. The van der Waals surface area contributed by atoms with Gasteiger partial charge in [-0.1, -0.05) is 45.0 Å². The molecule has 0 radical (unpaired) electrons. The van der Waals surface area contributed by atoms with Gasteiger partial charge in [0, 0.05) is 28.7 Å². The standard InChI is InChI=1S/3C12H15BO3S.3C11H13BO3S/c1-4-9-7(2)5-8-6-10(13(14)15)17-12(8)11(9)16-3;1-4-8-7(2)5-10(16-3)12-9(8)6-11(17-12)13(14)15;1-4-8-9-5-7(2)6-10(16-3)11(9)17-12(8)13(14)15;1-6-4-9(15-3)11-8(7(6)2)5-10(16-11)12(13)14;1-6-4-8-5-9(12(13)14)16-11(8)10(15-3)7(6)2;1-6-4-8-7(2)11(12(13)14)16-10(8)9(5-6)15-3/h3*5-6,14-15H,4H2,1-3H3;3*4-5,13-14H,1-3H3. The third-order valence-electron chi connectivity index (χ3n) is 16.9. The number of methoxy groups -OCH3 is 6. The summed E-state index contributed by atoms with van der Waals surface area (Å²) in [5.41, 5.74) is 13.4. The summed E-state index contributed by atoms with van der Waals surface area (Å²) in [6, 6.07) is 23.4. The Kier molecular flexibility index (Phi) is 28.4. The van der Waals surface area contributed by atoms with E-state index in [4.69, 9.17) is 38.5 Å². The number of hydrogen-bond donors (Lipinski definition) is 12. The minimum Gasteiger partial charge on any atom is -0.495 e. The number of benzene rings is 6. The lowest BCUT2D eigenvalue weighted by Gasteiger charge is -2.10. The smallest absolute Gasteiger partial charge is 0.495 e. The molecule has 6 aromatic carbocycles. The molecule has 0 aliphatic heterocycles. The highest BCUT2D eigenvalue weighted by atomic mass is 32.1. The zero-order valence-corrected chi connectivity index (χ0v) is 63.7. The quantitative estimate of drug-likeness (QED) is 0.0433. The zero-order valence-electron chi connectivity index (χ0n) is 58.8. The maximum Gasteiger partial charge on any atom is 0.499 e. The Morgan fingerprint density at radius 2 is 0.616 bits per heavy atom. The first-order valence-electron chi connectivity index (χ1n) is 31.6. The van der Waals surface area contributed by atoms with Crippen LogP contribution in [0.25, 0.3) is 60.5 Å². The largest absolute Gasteiger partial charge is 0.499 e. The van der Waals surface area contributed by atoms with Crippen LogP contribution in [0, 0.1) is 62.3 Å². The topological polar surface area (TPSA) is 298 Å². The van der Waals surface area contributed by atoms with E-state index in [0.717, 1.165) is 159 Å². The summed E-state index contributed by atoms with van der Waals surface area (Å²) in [5.74, 6) is 4.86. The average molecular weight is 1460 g/mol. The molecule has 0 fully saturated rings. The van der Waals surface area contributed by atoms with Gasteiger partial charge in [-0.3, -0.25) is 0 Å². The molecule has 12 aromatic rings. The van der Waals surface area contributed by atoms with Crippen LogP contribution >= 0.6 is 68.0 Å². The molecule has 0 bridgehead atoms. The van der Waals surface area contributed by atoms with Gasteiger partial charge in [0.2, 0.25) is 0 Å². The molecule has 12 rings (SSSR count). The highest BCUT2D eigenvalue weighted by Crippen LogP contribution is 2.40. The molecule has 99 heavy (non-hydrogen) atoms. The van der Waals surface area contributed by atoms with Crippen LogP contribution in [-0.4, -0.2) is 146 Å². The van der Waals surface area contributed by atoms with Crippen molar-refractivity contribution in [3.05, 3.63) is 140 Å². The van der Waals surface area contributed by atoms with Crippen molar-refractivity contribution in [2.75, 3.05) is 42.7 Å². The summed E-state index contributed by atoms with van der Waals surface area (Å²) in [7, 11) is 1.32. The fourth-order valence-corrected chi connectivity index (χ4v) is 18.4. The monoisotopic (exact) mass is 1460 g/mol. The van der Waals surface area contributed by atoms with Crippen LogP contribution in [0.2, 0.25) is 0 Å². The summed E-state index contributed by atoms with van der Waals surface area (Å²) < 4.78 is 41.4. The van der Waals surface area contributed by atoms with E-state index in [1.807, 2.05) is 118 Å². The van der Waals surface area contributed by atoms with Gasteiger partial charge in [0.05, 0.1) is 70.9 Å². The summed E-state index contributed by atoms with van der Waals surface area (Å²) in [6.07, 6.45) is 2.60. The molecule has 0 unspecified atom stereocenters. The number of rotatable bonds is 15. The van der Waals surface area contributed by atoms with Crippen LogP contribution in [-0.2, 0) is 19.3 Å². The maximum absolute atomic E-state index is 9.39. The number of ether oxygens (including phenoxy) is 6. The second-order valence-electron chi connectivity index (χ2n) is 23.4. The van der Waals surface area contributed by atoms with E-state index < -0.39 is 42.7 Å². The molecule has 0 spiro atoms. The predicted molar refractivity (Wildman–Crippen MR) is 420 cm³/mol. The highest BCUT2D eigenvalue weighted by Gasteiger charge is 2.26. The zero-order chi connectivity index (χ0) is 73.3. The van der Waals surface area contributed by atoms with Gasteiger partial charge in [0.25, 0.3) is 0 Å². The van der Waals surface area contributed by atoms with Crippen molar-refractivity contribution in [1.29, 1.82) is 0 Å².